The molecule has 0 aromatic carbocycles. The first-order chi connectivity index (χ1) is 26.6. The number of ether oxygens (including phenoxy) is 2. The van der Waals surface area contributed by atoms with Crippen LogP contribution in [-0.4, -0.2) is 75.6 Å². The van der Waals surface area contributed by atoms with Gasteiger partial charge in [-0.05, 0) is 12.8 Å². The number of likely N-dealkylation sites (N-methyl/N-ethyl adjacent to an activating group) is 1. The standard InChI is InChI=1S/C46H94NO7P/c1-6-8-10-12-14-16-18-20-21-22-23-24-25-26-27-29-31-33-35-37-39-46(48)54-45(44-53-55(49,50)52-42-40-47(3,4)5)43-51-41-38-36-34-32-30-28-19-17-15-13-11-9-7-2/h45H,6-44H2,1-5H3/p+1. The lowest BCUT2D eigenvalue weighted by molar-refractivity contribution is -0.870. The molecule has 0 aromatic heterocycles. The van der Waals surface area contributed by atoms with Gasteiger partial charge in [0.05, 0.1) is 34.4 Å². The molecule has 0 radical (unpaired) electrons. The maximum Gasteiger partial charge on any atom is 0.472 e. The van der Waals surface area contributed by atoms with E-state index in [2.05, 4.69) is 13.8 Å². The van der Waals surface area contributed by atoms with E-state index in [0.717, 1.165) is 32.1 Å². The van der Waals surface area contributed by atoms with Crippen LogP contribution in [0.25, 0.3) is 0 Å². The summed E-state index contributed by atoms with van der Waals surface area (Å²) in [4.78, 5) is 22.9. The molecule has 0 aromatic rings. The number of hydrogen-bond acceptors (Lipinski definition) is 6. The Labute approximate surface area is 342 Å². The second-order valence-electron chi connectivity index (χ2n) is 17.5. The summed E-state index contributed by atoms with van der Waals surface area (Å²) < 4.78 is 35.1. The second-order valence-corrected chi connectivity index (χ2v) is 19.0. The highest BCUT2D eigenvalue weighted by molar-refractivity contribution is 7.47. The zero-order chi connectivity index (χ0) is 40.6. The number of phosphoric ester groups is 1. The number of carbonyl (C=O) groups is 1. The van der Waals surface area contributed by atoms with Crippen LogP contribution >= 0.6 is 7.82 Å². The molecule has 55 heavy (non-hydrogen) atoms. The van der Waals surface area contributed by atoms with Gasteiger partial charge in [-0.15, -0.1) is 0 Å². The molecule has 0 saturated carbocycles. The van der Waals surface area contributed by atoms with Crippen LogP contribution in [0.15, 0.2) is 0 Å². The van der Waals surface area contributed by atoms with Crippen molar-refractivity contribution in [2.45, 2.75) is 238 Å². The van der Waals surface area contributed by atoms with Gasteiger partial charge in [-0.3, -0.25) is 13.8 Å². The summed E-state index contributed by atoms with van der Waals surface area (Å²) in [7, 11) is 1.69. The van der Waals surface area contributed by atoms with Gasteiger partial charge in [-0.1, -0.05) is 213 Å². The van der Waals surface area contributed by atoms with Gasteiger partial charge in [-0.2, -0.15) is 0 Å². The highest BCUT2D eigenvalue weighted by atomic mass is 31.2. The first-order valence-corrected chi connectivity index (χ1v) is 25.3. The van der Waals surface area contributed by atoms with Gasteiger partial charge in [0.2, 0.25) is 0 Å². The van der Waals surface area contributed by atoms with Gasteiger partial charge in [0.15, 0.2) is 0 Å². The quantitative estimate of drug-likeness (QED) is 0.0284. The minimum absolute atomic E-state index is 0.0940. The minimum Gasteiger partial charge on any atom is -0.457 e. The largest absolute Gasteiger partial charge is 0.472 e. The van der Waals surface area contributed by atoms with Crippen molar-refractivity contribution < 1.29 is 37.3 Å². The number of carbonyl (C=O) groups excluding carboxylic acids is 1. The van der Waals surface area contributed by atoms with Gasteiger partial charge >= 0.3 is 13.8 Å². The Morgan fingerprint density at radius 1 is 0.491 bits per heavy atom. The molecule has 0 saturated heterocycles. The van der Waals surface area contributed by atoms with Crippen LogP contribution in [0.4, 0.5) is 0 Å². The molecule has 0 heterocycles. The van der Waals surface area contributed by atoms with Crippen LogP contribution < -0.4 is 0 Å². The average molecular weight is 805 g/mol. The third-order valence-electron chi connectivity index (χ3n) is 10.7. The Kier molecular flexibility index (Phi) is 39.9. The lowest BCUT2D eigenvalue weighted by Gasteiger charge is -2.24. The lowest BCUT2D eigenvalue weighted by atomic mass is 10.0. The third-order valence-corrected chi connectivity index (χ3v) is 11.7. The fourth-order valence-electron chi connectivity index (χ4n) is 6.97. The Balaban J connectivity index is 4.10. The monoisotopic (exact) mass is 805 g/mol. The van der Waals surface area contributed by atoms with Crippen LogP contribution in [0.5, 0.6) is 0 Å². The molecule has 0 amide bonds. The molecule has 2 unspecified atom stereocenters. The highest BCUT2D eigenvalue weighted by Crippen LogP contribution is 2.43. The Morgan fingerprint density at radius 3 is 1.20 bits per heavy atom. The van der Waals surface area contributed by atoms with Crippen molar-refractivity contribution in [1.29, 1.82) is 0 Å². The third kappa shape index (κ3) is 44.4. The van der Waals surface area contributed by atoms with Gasteiger partial charge in [0.1, 0.15) is 19.3 Å². The van der Waals surface area contributed by atoms with Gasteiger partial charge in [0.25, 0.3) is 0 Å². The van der Waals surface area contributed by atoms with Crippen LogP contribution in [-0.2, 0) is 27.9 Å². The number of nitrogens with zero attached hydrogens (tertiary/aromatic N) is 1. The maximum absolute atomic E-state index is 12.7. The summed E-state index contributed by atoms with van der Waals surface area (Å²) in [6.07, 6.45) is 42.8. The van der Waals surface area contributed by atoms with E-state index in [1.807, 2.05) is 21.1 Å². The van der Waals surface area contributed by atoms with Gasteiger partial charge in [-0.25, -0.2) is 4.57 Å². The molecular formula is C46H95NO7P+. The Morgan fingerprint density at radius 2 is 0.836 bits per heavy atom. The van der Waals surface area contributed by atoms with Crippen molar-refractivity contribution >= 4 is 13.8 Å². The topological polar surface area (TPSA) is 91.3 Å². The molecule has 330 valence electrons. The number of phosphoric acid groups is 1. The molecule has 1 N–H and O–H groups in total. The van der Waals surface area contributed by atoms with Crippen molar-refractivity contribution in [3.8, 4) is 0 Å². The first-order valence-electron chi connectivity index (χ1n) is 23.8. The number of unbranched alkanes of at least 4 members (excludes halogenated alkanes) is 31. The summed E-state index contributed by atoms with van der Waals surface area (Å²) in [6.45, 7) is 5.69. The van der Waals surface area contributed by atoms with E-state index in [0.29, 0.717) is 24.1 Å². The number of rotatable bonds is 45. The molecule has 0 bridgehead atoms. The van der Waals surface area contributed by atoms with Crippen molar-refractivity contribution in [2.24, 2.45) is 0 Å². The van der Waals surface area contributed by atoms with E-state index in [1.165, 1.54) is 180 Å². The molecule has 0 fully saturated rings. The van der Waals surface area contributed by atoms with Crippen LogP contribution in [0, 0.1) is 0 Å². The molecule has 0 aliphatic rings. The summed E-state index contributed by atoms with van der Waals surface area (Å²) in [5, 5.41) is 0. The minimum atomic E-state index is -4.27. The molecule has 0 aliphatic carbocycles. The Bertz CT molecular complexity index is 853. The lowest BCUT2D eigenvalue weighted by Crippen LogP contribution is -2.37. The molecule has 8 nitrogen and oxygen atoms in total. The van der Waals surface area contributed by atoms with Crippen molar-refractivity contribution in [3.63, 3.8) is 0 Å². The zero-order valence-corrected chi connectivity index (χ0v) is 38.3. The molecular weight excluding hydrogens is 709 g/mol. The van der Waals surface area contributed by atoms with E-state index in [9.17, 15) is 14.3 Å². The fraction of sp³-hybridized carbons (Fsp3) is 0.978. The second kappa shape index (κ2) is 40.3. The van der Waals surface area contributed by atoms with Crippen molar-refractivity contribution in [2.75, 3.05) is 54.1 Å². The normalized spacial score (nSPS) is 13.6. The molecule has 0 spiro atoms. The summed E-state index contributed by atoms with van der Waals surface area (Å²) in [5.41, 5.74) is 0. The van der Waals surface area contributed by atoms with E-state index < -0.39 is 13.9 Å². The smallest absolute Gasteiger partial charge is 0.457 e. The maximum atomic E-state index is 12.7. The summed E-state index contributed by atoms with van der Waals surface area (Å²) >= 11 is 0. The van der Waals surface area contributed by atoms with Crippen LogP contribution in [0.2, 0.25) is 0 Å². The molecule has 0 rings (SSSR count). The van der Waals surface area contributed by atoms with Crippen molar-refractivity contribution in [3.05, 3.63) is 0 Å². The average Bonchev–Trinajstić information content (AvgIpc) is 3.13. The van der Waals surface area contributed by atoms with E-state index in [-0.39, 0.29) is 25.8 Å². The highest BCUT2D eigenvalue weighted by Gasteiger charge is 2.26. The number of esters is 1. The number of hydrogen-bond donors (Lipinski definition) is 1. The predicted molar refractivity (Wildman–Crippen MR) is 234 cm³/mol. The van der Waals surface area contributed by atoms with E-state index in [4.69, 9.17) is 18.5 Å². The fourth-order valence-corrected chi connectivity index (χ4v) is 7.71. The first kappa shape index (κ1) is 54.5. The van der Waals surface area contributed by atoms with Crippen molar-refractivity contribution in [1.82, 2.24) is 0 Å². The molecule has 9 heteroatoms. The van der Waals surface area contributed by atoms with Gasteiger partial charge < -0.3 is 18.9 Å². The van der Waals surface area contributed by atoms with E-state index in [1.54, 1.807) is 0 Å². The SMILES string of the molecule is CCCCCCCCCCCCCCCCCCCCCCC(=O)OC(COCCCCCCCCCCCCCCC)COP(=O)(O)OCC[N+](C)(C)C. The van der Waals surface area contributed by atoms with Crippen LogP contribution in [0.3, 0.4) is 0 Å². The summed E-state index contributed by atoms with van der Waals surface area (Å²) in [6, 6.07) is 0. The number of quaternary nitrogens is 1. The Hall–Kier alpha value is -0.500. The zero-order valence-electron chi connectivity index (χ0n) is 37.4. The predicted octanol–water partition coefficient (Wildman–Crippen LogP) is 14.1. The van der Waals surface area contributed by atoms with E-state index >= 15 is 0 Å². The van der Waals surface area contributed by atoms with Crippen LogP contribution in [0.1, 0.15) is 232 Å². The molecule has 0 aliphatic heterocycles. The summed E-state index contributed by atoms with van der Waals surface area (Å²) in [5.74, 6) is -0.306. The molecule has 2 atom stereocenters. The van der Waals surface area contributed by atoms with Gasteiger partial charge in [0, 0.05) is 13.0 Å².